The number of nitrogens with one attached hydrogen (secondary N) is 2. The second-order valence-electron chi connectivity index (χ2n) is 6.79. The fourth-order valence-corrected chi connectivity index (χ4v) is 2.98. The van der Waals surface area contributed by atoms with Crippen molar-refractivity contribution in [3.05, 3.63) is 17.7 Å². The van der Waals surface area contributed by atoms with Crippen molar-refractivity contribution in [2.24, 2.45) is 5.41 Å². The second-order valence-corrected chi connectivity index (χ2v) is 6.79. The summed E-state index contributed by atoms with van der Waals surface area (Å²) < 4.78 is 16.0. The predicted molar refractivity (Wildman–Crippen MR) is 94.5 cm³/mol. The van der Waals surface area contributed by atoms with Crippen LogP contribution in [0.25, 0.3) is 0 Å². The van der Waals surface area contributed by atoms with E-state index < -0.39 is 0 Å². The Morgan fingerprint density at radius 2 is 1.80 bits per heavy atom. The number of hydrogen-bond acceptors (Lipinski definition) is 5. The lowest BCUT2D eigenvalue weighted by molar-refractivity contribution is -0.0678. The van der Waals surface area contributed by atoms with E-state index in [1.54, 1.807) is 33.5 Å². The van der Waals surface area contributed by atoms with E-state index in [-0.39, 0.29) is 23.6 Å². The molecule has 1 fully saturated rings. The van der Waals surface area contributed by atoms with E-state index in [9.17, 15) is 9.90 Å². The van der Waals surface area contributed by atoms with Crippen molar-refractivity contribution in [2.75, 3.05) is 27.9 Å². The van der Waals surface area contributed by atoms with Gasteiger partial charge in [-0.25, -0.2) is 4.79 Å². The summed E-state index contributed by atoms with van der Waals surface area (Å²) in [5, 5.41) is 15.5. The molecule has 1 aromatic rings. The fraction of sp³-hybridized carbons (Fsp3) is 0.611. The maximum Gasteiger partial charge on any atom is 0.315 e. The highest BCUT2D eigenvalue weighted by molar-refractivity contribution is 5.74. The number of aliphatic hydroxyl groups is 1. The molecule has 0 bridgehead atoms. The van der Waals surface area contributed by atoms with Gasteiger partial charge in [-0.1, -0.05) is 13.8 Å². The highest BCUT2D eigenvalue weighted by atomic mass is 16.5. The summed E-state index contributed by atoms with van der Waals surface area (Å²) >= 11 is 0. The third-order valence-electron chi connectivity index (χ3n) is 5.00. The molecule has 1 saturated carbocycles. The fourth-order valence-electron chi connectivity index (χ4n) is 2.98. The number of urea groups is 1. The van der Waals surface area contributed by atoms with E-state index in [0.29, 0.717) is 36.6 Å². The summed E-state index contributed by atoms with van der Waals surface area (Å²) in [5.74, 6) is 1.96. The molecule has 0 saturated heterocycles. The molecular weight excluding hydrogens is 324 g/mol. The lowest BCUT2D eigenvalue weighted by Gasteiger charge is -2.49. The smallest absolute Gasteiger partial charge is 0.315 e. The van der Waals surface area contributed by atoms with Crippen LogP contribution in [0.2, 0.25) is 0 Å². The number of carbonyl (C=O) groups excluding carboxylic acids is 1. The van der Waals surface area contributed by atoms with Crippen LogP contribution < -0.4 is 24.8 Å². The molecule has 0 heterocycles. The zero-order chi connectivity index (χ0) is 18.6. The minimum absolute atomic E-state index is 0.0208. The molecule has 2 rings (SSSR count). The molecule has 1 aliphatic rings. The van der Waals surface area contributed by atoms with E-state index in [2.05, 4.69) is 10.6 Å². The van der Waals surface area contributed by atoms with Crippen molar-refractivity contribution in [1.82, 2.24) is 10.6 Å². The molecule has 0 radical (unpaired) electrons. The largest absolute Gasteiger partial charge is 0.496 e. The van der Waals surface area contributed by atoms with Gasteiger partial charge in [0.25, 0.3) is 0 Å². The van der Waals surface area contributed by atoms with E-state index in [1.165, 1.54) is 0 Å². The molecule has 140 valence electrons. The third-order valence-corrected chi connectivity index (χ3v) is 5.00. The van der Waals surface area contributed by atoms with Crippen LogP contribution in [-0.2, 0) is 6.42 Å². The average molecular weight is 352 g/mol. The summed E-state index contributed by atoms with van der Waals surface area (Å²) in [7, 11) is 4.75. The molecule has 7 nitrogen and oxygen atoms in total. The molecule has 7 heteroatoms. The summed E-state index contributed by atoms with van der Waals surface area (Å²) in [4.78, 5) is 12.1. The molecule has 1 aromatic carbocycles. The van der Waals surface area contributed by atoms with Gasteiger partial charge in [0.15, 0.2) is 0 Å². The van der Waals surface area contributed by atoms with Gasteiger partial charge in [-0.3, -0.25) is 0 Å². The standard InChI is InChI=1S/C18H28N2O5/c1-18(2)15(10-16(18)21)20-17(22)19-7-6-12-13(24-4)8-11(23-3)9-14(12)25-5/h8-9,15-16,21H,6-7,10H2,1-5H3,(H2,19,20,22). The Kier molecular flexibility index (Phi) is 6.00. The first kappa shape index (κ1) is 19.2. The zero-order valence-corrected chi connectivity index (χ0v) is 15.5. The number of aliphatic hydroxyl groups excluding tert-OH is 1. The van der Waals surface area contributed by atoms with Crippen LogP contribution >= 0.6 is 0 Å². The maximum absolute atomic E-state index is 12.1. The first-order valence-corrected chi connectivity index (χ1v) is 8.34. The highest BCUT2D eigenvalue weighted by Crippen LogP contribution is 2.40. The number of hydrogen-bond donors (Lipinski definition) is 3. The third kappa shape index (κ3) is 4.10. The number of benzene rings is 1. The summed E-state index contributed by atoms with van der Waals surface area (Å²) in [5.41, 5.74) is 0.574. The summed E-state index contributed by atoms with van der Waals surface area (Å²) in [6.07, 6.45) is 0.770. The Morgan fingerprint density at radius 1 is 1.20 bits per heavy atom. The minimum atomic E-state index is -0.370. The van der Waals surface area contributed by atoms with Crippen LogP contribution in [0.4, 0.5) is 4.79 Å². The van der Waals surface area contributed by atoms with Crippen LogP contribution in [-0.4, -0.2) is 51.2 Å². The first-order chi connectivity index (χ1) is 11.8. The van der Waals surface area contributed by atoms with Gasteiger partial charge in [-0.2, -0.15) is 0 Å². The molecule has 2 amide bonds. The number of amides is 2. The Hall–Kier alpha value is -2.15. The molecule has 2 unspecified atom stereocenters. The molecule has 1 aliphatic carbocycles. The SMILES string of the molecule is COc1cc(OC)c(CCNC(=O)NC2CC(O)C2(C)C)c(OC)c1. The van der Waals surface area contributed by atoms with Crippen molar-refractivity contribution in [1.29, 1.82) is 0 Å². The minimum Gasteiger partial charge on any atom is -0.496 e. The average Bonchev–Trinajstić information content (AvgIpc) is 2.61. The number of rotatable bonds is 7. The van der Waals surface area contributed by atoms with Crippen LogP contribution in [0.3, 0.4) is 0 Å². The van der Waals surface area contributed by atoms with E-state index in [1.807, 2.05) is 13.8 Å². The zero-order valence-electron chi connectivity index (χ0n) is 15.5. The number of ether oxygens (including phenoxy) is 3. The lowest BCUT2D eigenvalue weighted by atomic mass is 9.65. The van der Waals surface area contributed by atoms with Crippen molar-refractivity contribution in [2.45, 2.75) is 38.8 Å². The van der Waals surface area contributed by atoms with E-state index in [4.69, 9.17) is 14.2 Å². The van der Waals surface area contributed by atoms with E-state index in [0.717, 1.165) is 5.56 Å². The molecule has 0 spiro atoms. The maximum atomic E-state index is 12.1. The Balaban J connectivity index is 1.92. The first-order valence-electron chi connectivity index (χ1n) is 8.34. The van der Waals surface area contributed by atoms with Gasteiger partial charge in [-0.05, 0) is 12.8 Å². The van der Waals surface area contributed by atoms with Crippen molar-refractivity contribution in [3.63, 3.8) is 0 Å². The topological polar surface area (TPSA) is 89.1 Å². The van der Waals surface area contributed by atoms with Gasteiger partial charge in [0.2, 0.25) is 0 Å². The number of carbonyl (C=O) groups is 1. The van der Waals surface area contributed by atoms with Gasteiger partial charge in [-0.15, -0.1) is 0 Å². The Labute approximate surface area is 148 Å². The highest BCUT2D eigenvalue weighted by Gasteiger charge is 2.47. The van der Waals surface area contributed by atoms with Crippen molar-refractivity contribution >= 4 is 6.03 Å². The second kappa shape index (κ2) is 7.82. The van der Waals surface area contributed by atoms with Crippen LogP contribution in [0, 0.1) is 5.41 Å². The molecule has 25 heavy (non-hydrogen) atoms. The monoisotopic (exact) mass is 352 g/mol. The summed E-state index contributed by atoms with van der Waals surface area (Å²) in [6, 6.07) is 3.32. The van der Waals surface area contributed by atoms with Crippen LogP contribution in [0.5, 0.6) is 17.2 Å². The van der Waals surface area contributed by atoms with Gasteiger partial charge < -0.3 is 30.0 Å². The molecular formula is C18H28N2O5. The Bertz CT molecular complexity index is 592. The van der Waals surface area contributed by atoms with Gasteiger partial charge in [0.1, 0.15) is 17.2 Å². The molecule has 3 N–H and O–H groups in total. The molecule has 0 aromatic heterocycles. The van der Waals surface area contributed by atoms with Gasteiger partial charge >= 0.3 is 6.03 Å². The van der Waals surface area contributed by atoms with E-state index >= 15 is 0 Å². The van der Waals surface area contributed by atoms with Crippen molar-refractivity contribution < 1.29 is 24.1 Å². The molecule has 2 atom stereocenters. The van der Waals surface area contributed by atoms with Crippen LogP contribution in [0.1, 0.15) is 25.8 Å². The quantitative estimate of drug-likeness (QED) is 0.695. The lowest BCUT2D eigenvalue weighted by Crippen LogP contribution is -2.62. The van der Waals surface area contributed by atoms with Gasteiger partial charge in [0.05, 0.1) is 27.4 Å². The number of methoxy groups -OCH3 is 3. The Morgan fingerprint density at radius 3 is 2.24 bits per heavy atom. The summed E-state index contributed by atoms with van der Waals surface area (Å²) in [6.45, 7) is 4.32. The van der Waals surface area contributed by atoms with Crippen molar-refractivity contribution in [3.8, 4) is 17.2 Å². The predicted octanol–water partition coefficient (Wildman–Crippen LogP) is 1.71. The molecule has 0 aliphatic heterocycles. The van der Waals surface area contributed by atoms with Gasteiger partial charge in [0, 0.05) is 35.7 Å². The normalized spacial score (nSPS) is 21.0. The van der Waals surface area contributed by atoms with Crippen LogP contribution in [0.15, 0.2) is 12.1 Å².